The lowest BCUT2D eigenvalue weighted by atomic mass is 10.0. The summed E-state index contributed by atoms with van der Waals surface area (Å²) >= 11 is 6.15. The van der Waals surface area contributed by atoms with E-state index in [2.05, 4.69) is 10.1 Å². The molecule has 1 saturated heterocycles. The van der Waals surface area contributed by atoms with E-state index in [9.17, 15) is 18.0 Å². The molecule has 3 heterocycles. The van der Waals surface area contributed by atoms with Gasteiger partial charge in [-0.2, -0.15) is 18.3 Å². The van der Waals surface area contributed by atoms with Crippen LogP contribution in [0.25, 0.3) is 5.69 Å². The van der Waals surface area contributed by atoms with Gasteiger partial charge in [0.15, 0.2) is 5.69 Å². The fourth-order valence-corrected chi connectivity index (χ4v) is 3.66. The molecule has 1 aromatic carbocycles. The number of para-hydroxylation sites is 1. The zero-order valence-electron chi connectivity index (χ0n) is 15.1. The fourth-order valence-electron chi connectivity index (χ4n) is 3.44. The van der Waals surface area contributed by atoms with Crippen LogP contribution >= 0.6 is 11.6 Å². The van der Waals surface area contributed by atoms with Crippen molar-refractivity contribution in [2.24, 2.45) is 0 Å². The maximum atomic E-state index is 13.3. The van der Waals surface area contributed by atoms with Crippen molar-refractivity contribution >= 4 is 17.5 Å². The van der Waals surface area contributed by atoms with Gasteiger partial charge in [0, 0.05) is 37.0 Å². The number of pyridine rings is 1. The number of carbonyl (C=O) groups excluding carboxylic acids is 1. The molecule has 0 bridgehead atoms. The van der Waals surface area contributed by atoms with Crippen LogP contribution in [0.15, 0.2) is 54.7 Å². The van der Waals surface area contributed by atoms with E-state index in [0.29, 0.717) is 19.5 Å². The molecule has 4 rings (SSSR count). The van der Waals surface area contributed by atoms with Crippen LogP contribution in [-0.2, 0) is 6.18 Å². The first-order chi connectivity index (χ1) is 13.8. The summed E-state index contributed by atoms with van der Waals surface area (Å²) in [6.45, 7) is 0.806. The Morgan fingerprint density at radius 2 is 1.90 bits per heavy atom. The Morgan fingerprint density at radius 1 is 1.14 bits per heavy atom. The van der Waals surface area contributed by atoms with E-state index >= 15 is 0 Å². The van der Waals surface area contributed by atoms with Crippen LogP contribution in [0.1, 0.15) is 34.2 Å². The average Bonchev–Trinajstić information content (AvgIpc) is 3.36. The van der Waals surface area contributed by atoms with E-state index < -0.39 is 17.8 Å². The molecule has 9 heteroatoms. The Labute approximate surface area is 169 Å². The minimum atomic E-state index is -4.68. The van der Waals surface area contributed by atoms with Crippen molar-refractivity contribution in [1.29, 1.82) is 0 Å². The summed E-state index contributed by atoms with van der Waals surface area (Å²) in [6, 6.07) is 12.7. The summed E-state index contributed by atoms with van der Waals surface area (Å²) in [7, 11) is 0. The summed E-state index contributed by atoms with van der Waals surface area (Å²) in [5, 5.41) is 3.83. The van der Waals surface area contributed by atoms with Gasteiger partial charge in [-0.1, -0.05) is 29.8 Å². The minimum absolute atomic E-state index is 0.0407. The van der Waals surface area contributed by atoms with E-state index in [1.165, 1.54) is 17.0 Å². The molecule has 150 valence electrons. The number of hydrogen-bond donors (Lipinski definition) is 0. The molecule has 29 heavy (non-hydrogen) atoms. The normalized spacial score (nSPS) is 17.0. The second-order valence-corrected chi connectivity index (χ2v) is 7.17. The van der Waals surface area contributed by atoms with Gasteiger partial charge in [0.25, 0.3) is 5.91 Å². The van der Waals surface area contributed by atoms with Gasteiger partial charge in [-0.05, 0) is 30.7 Å². The summed E-state index contributed by atoms with van der Waals surface area (Å²) in [6.07, 6.45) is -2.31. The highest BCUT2D eigenvalue weighted by atomic mass is 35.5. The van der Waals surface area contributed by atoms with Crippen LogP contribution in [0.4, 0.5) is 13.2 Å². The highest BCUT2D eigenvalue weighted by molar-refractivity contribution is 6.32. The van der Waals surface area contributed by atoms with Gasteiger partial charge in [0.2, 0.25) is 0 Å². The molecule has 1 amide bonds. The molecule has 5 nitrogen and oxygen atoms in total. The van der Waals surface area contributed by atoms with Gasteiger partial charge in [-0.15, -0.1) is 0 Å². The molecular weight excluding hydrogens is 405 g/mol. The molecule has 1 unspecified atom stereocenters. The molecular formula is C20H16ClF3N4O. The predicted octanol–water partition coefficient (Wildman–Crippen LogP) is 4.57. The third-order valence-electron chi connectivity index (χ3n) is 4.88. The first-order valence-corrected chi connectivity index (χ1v) is 9.35. The molecule has 0 saturated carbocycles. The number of benzene rings is 1. The van der Waals surface area contributed by atoms with Crippen molar-refractivity contribution in [3.63, 3.8) is 0 Å². The Bertz CT molecular complexity index is 1040. The third kappa shape index (κ3) is 3.85. The summed E-state index contributed by atoms with van der Waals surface area (Å²) in [4.78, 5) is 19.0. The molecule has 3 aromatic rings. The lowest BCUT2D eigenvalue weighted by molar-refractivity contribution is -0.141. The van der Waals surface area contributed by atoms with Crippen LogP contribution in [0.3, 0.4) is 0 Å². The Kier molecular flexibility index (Phi) is 5.04. The lowest BCUT2D eigenvalue weighted by Gasteiger charge is -2.17. The van der Waals surface area contributed by atoms with Crippen LogP contribution in [0.5, 0.6) is 0 Å². The van der Waals surface area contributed by atoms with E-state index in [1.54, 1.807) is 18.3 Å². The first-order valence-electron chi connectivity index (χ1n) is 8.97. The molecule has 2 aromatic heterocycles. The maximum Gasteiger partial charge on any atom is 0.435 e. The van der Waals surface area contributed by atoms with Gasteiger partial charge < -0.3 is 4.90 Å². The number of aromatic nitrogens is 3. The molecule has 1 fully saturated rings. The quantitative estimate of drug-likeness (QED) is 0.623. The number of halogens is 4. The number of rotatable bonds is 3. The highest BCUT2D eigenvalue weighted by Gasteiger charge is 2.38. The molecule has 1 aliphatic rings. The predicted molar refractivity (Wildman–Crippen MR) is 101 cm³/mol. The summed E-state index contributed by atoms with van der Waals surface area (Å²) in [5.41, 5.74) is -0.236. The van der Waals surface area contributed by atoms with Crippen molar-refractivity contribution in [1.82, 2.24) is 19.7 Å². The van der Waals surface area contributed by atoms with E-state index in [4.69, 9.17) is 11.6 Å². The van der Waals surface area contributed by atoms with Crippen molar-refractivity contribution in [2.75, 3.05) is 13.1 Å². The third-order valence-corrected chi connectivity index (χ3v) is 5.20. The average molecular weight is 421 g/mol. The van der Waals surface area contributed by atoms with Crippen LogP contribution in [0, 0.1) is 0 Å². The lowest BCUT2D eigenvalue weighted by Crippen LogP contribution is -2.30. The van der Waals surface area contributed by atoms with Gasteiger partial charge in [-0.3, -0.25) is 9.78 Å². The zero-order chi connectivity index (χ0) is 20.6. The largest absolute Gasteiger partial charge is 0.435 e. The first kappa shape index (κ1) is 19.4. The number of amides is 1. The fraction of sp³-hybridized carbons (Fsp3) is 0.250. The minimum Gasteiger partial charge on any atom is -0.337 e. The number of likely N-dealkylation sites (tertiary alicyclic amines) is 1. The smallest absolute Gasteiger partial charge is 0.337 e. The van der Waals surface area contributed by atoms with Gasteiger partial charge in [0.05, 0.1) is 10.7 Å². The number of nitrogens with zero attached hydrogens (tertiary/aromatic N) is 4. The molecule has 1 atom stereocenters. The van der Waals surface area contributed by atoms with Crippen molar-refractivity contribution in [2.45, 2.75) is 18.5 Å². The highest BCUT2D eigenvalue weighted by Crippen LogP contribution is 2.32. The Balaban J connectivity index is 1.68. The van der Waals surface area contributed by atoms with Gasteiger partial charge >= 0.3 is 6.18 Å². The van der Waals surface area contributed by atoms with Crippen LogP contribution in [-0.4, -0.2) is 38.7 Å². The van der Waals surface area contributed by atoms with Crippen molar-refractivity contribution < 1.29 is 18.0 Å². The number of alkyl halides is 3. The molecule has 0 N–H and O–H groups in total. The van der Waals surface area contributed by atoms with E-state index in [0.717, 1.165) is 16.4 Å². The molecule has 1 aliphatic heterocycles. The van der Waals surface area contributed by atoms with Crippen molar-refractivity contribution in [3.8, 4) is 5.69 Å². The van der Waals surface area contributed by atoms with E-state index in [1.807, 2.05) is 18.2 Å². The molecule has 0 spiro atoms. The van der Waals surface area contributed by atoms with Crippen LogP contribution < -0.4 is 0 Å². The number of hydrogen-bond acceptors (Lipinski definition) is 3. The van der Waals surface area contributed by atoms with Crippen LogP contribution in [0.2, 0.25) is 5.02 Å². The topological polar surface area (TPSA) is 51.0 Å². The number of carbonyl (C=O) groups is 1. The second-order valence-electron chi connectivity index (χ2n) is 6.77. The zero-order valence-corrected chi connectivity index (χ0v) is 15.9. The maximum absolute atomic E-state index is 13.3. The standard InChI is InChI=1S/C20H16ClF3N4O/c21-14-5-1-2-7-16(14)28-17(11-18(26-28)20(22,23)24)19(29)27-10-8-13(12-27)15-6-3-4-9-25-15/h1-7,9,11,13H,8,10,12H2. The molecule has 0 aliphatic carbocycles. The summed E-state index contributed by atoms with van der Waals surface area (Å²) < 4.78 is 40.8. The summed E-state index contributed by atoms with van der Waals surface area (Å²) in [5.74, 6) is -0.481. The van der Waals surface area contributed by atoms with Gasteiger partial charge in [-0.25, -0.2) is 4.68 Å². The monoisotopic (exact) mass is 420 g/mol. The Morgan fingerprint density at radius 3 is 2.59 bits per heavy atom. The second kappa shape index (κ2) is 7.51. The van der Waals surface area contributed by atoms with E-state index in [-0.39, 0.29) is 22.3 Å². The Hall–Kier alpha value is -2.87. The molecule has 0 radical (unpaired) electrons. The SMILES string of the molecule is O=C(c1cc(C(F)(F)F)nn1-c1ccccc1Cl)N1CCC(c2ccccn2)C1. The van der Waals surface area contributed by atoms with Gasteiger partial charge in [0.1, 0.15) is 5.69 Å². The van der Waals surface area contributed by atoms with Crippen molar-refractivity contribution in [3.05, 3.63) is 76.8 Å².